The van der Waals surface area contributed by atoms with E-state index in [0.717, 1.165) is 6.42 Å². The zero-order valence-electron chi connectivity index (χ0n) is 13.4. The van der Waals surface area contributed by atoms with Crippen molar-refractivity contribution in [1.82, 2.24) is 0 Å². The standard InChI is InChI=1S/C17H15NO6S/c1-21-16-9-12(11-18)3-5-15(16)24-25(19,20)13-4-6-14-17(10-13)23-8-2-7-22-14/h3-6,9-10H,2,7-8H2,1H3. The summed E-state index contributed by atoms with van der Waals surface area (Å²) >= 11 is 0. The molecule has 3 rings (SSSR count). The van der Waals surface area contributed by atoms with Gasteiger partial charge in [0, 0.05) is 18.6 Å². The van der Waals surface area contributed by atoms with Gasteiger partial charge in [-0.15, -0.1) is 0 Å². The summed E-state index contributed by atoms with van der Waals surface area (Å²) in [6, 6.07) is 10.5. The number of nitriles is 1. The molecule has 25 heavy (non-hydrogen) atoms. The van der Waals surface area contributed by atoms with E-state index in [9.17, 15) is 8.42 Å². The number of rotatable bonds is 4. The Hall–Kier alpha value is -2.92. The Kier molecular flexibility index (Phi) is 4.67. The Balaban J connectivity index is 1.93. The van der Waals surface area contributed by atoms with Gasteiger partial charge in [-0.05, 0) is 24.3 Å². The topological polar surface area (TPSA) is 94.9 Å². The molecular formula is C17H15NO6S. The predicted octanol–water partition coefficient (Wildman–Crippen LogP) is 2.50. The number of hydrogen-bond donors (Lipinski definition) is 0. The van der Waals surface area contributed by atoms with Gasteiger partial charge in [0.2, 0.25) is 0 Å². The third kappa shape index (κ3) is 3.61. The van der Waals surface area contributed by atoms with Crippen molar-refractivity contribution < 1.29 is 26.8 Å². The molecule has 130 valence electrons. The third-order valence-corrected chi connectivity index (χ3v) is 4.73. The van der Waals surface area contributed by atoms with Gasteiger partial charge in [-0.25, -0.2) is 0 Å². The van der Waals surface area contributed by atoms with E-state index in [1.54, 1.807) is 0 Å². The Bertz CT molecular complexity index is 933. The molecule has 0 bridgehead atoms. The van der Waals surface area contributed by atoms with Crippen molar-refractivity contribution in [3.05, 3.63) is 42.0 Å². The number of benzene rings is 2. The van der Waals surface area contributed by atoms with E-state index < -0.39 is 10.1 Å². The first-order valence-electron chi connectivity index (χ1n) is 7.46. The molecule has 0 N–H and O–H groups in total. The first-order valence-corrected chi connectivity index (χ1v) is 8.86. The lowest BCUT2D eigenvalue weighted by Crippen LogP contribution is -2.11. The molecule has 0 fully saturated rings. The van der Waals surface area contributed by atoms with Gasteiger partial charge in [-0.1, -0.05) is 0 Å². The molecule has 0 aromatic heterocycles. The van der Waals surface area contributed by atoms with Crippen molar-refractivity contribution in [2.45, 2.75) is 11.3 Å². The van der Waals surface area contributed by atoms with Crippen molar-refractivity contribution in [1.29, 1.82) is 5.26 Å². The van der Waals surface area contributed by atoms with Crippen LogP contribution in [0, 0.1) is 11.3 Å². The monoisotopic (exact) mass is 361 g/mol. The van der Waals surface area contributed by atoms with E-state index in [2.05, 4.69) is 0 Å². The molecule has 1 aliphatic heterocycles. The zero-order chi connectivity index (χ0) is 17.9. The lowest BCUT2D eigenvalue weighted by molar-refractivity contribution is 0.296. The highest BCUT2D eigenvalue weighted by atomic mass is 32.2. The maximum atomic E-state index is 12.6. The molecule has 0 unspecified atom stereocenters. The molecule has 0 radical (unpaired) electrons. The molecule has 0 saturated heterocycles. The van der Waals surface area contributed by atoms with Crippen LogP contribution in [0.15, 0.2) is 41.3 Å². The first kappa shape index (κ1) is 16.9. The van der Waals surface area contributed by atoms with Crippen LogP contribution in [0.1, 0.15) is 12.0 Å². The third-order valence-electron chi connectivity index (χ3n) is 3.50. The molecular weight excluding hydrogens is 346 g/mol. The minimum atomic E-state index is -4.11. The van der Waals surface area contributed by atoms with Crippen molar-refractivity contribution in [2.75, 3.05) is 20.3 Å². The smallest absolute Gasteiger partial charge is 0.339 e. The summed E-state index contributed by atoms with van der Waals surface area (Å²) in [7, 11) is -2.74. The Morgan fingerprint density at radius 3 is 2.52 bits per heavy atom. The fourth-order valence-electron chi connectivity index (χ4n) is 2.27. The maximum Gasteiger partial charge on any atom is 0.339 e. The fraction of sp³-hybridized carbons (Fsp3) is 0.235. The number of methoxy groups -OCH3 is 1. The van der Waals surface area contributed by atoms with Gasteiger partial charge in [0.25, 0.3) is 0 Å². The van der Waals surface area contributed by atoms with Crippen molar-refractivity contribution in [2.24, 2.45) is 0 Å². The van der Waals surface area contributed by atoms with Gasteiger partial charge in [0.05, 0.1) is 32.0 Å². The molecule has 1 heterocycles. The minimum absolute atomic E-state index is 0.00592. The van der Waals surface area contributed by atoms with Crippen LogP contribution in [0.25, 0.3) is 0 Å². The molecule has 7 nitrogen and oxygen atoms in total. The van der Waals surface area contributed by atoms with Gasteiger partial charge in [0.15, 0.2) is 23.0 Å². The highest BCUT2D eigenvalue weighted by Crippen LogP contribution is 2.34. The molecule has 0 aliphatic carbocycles. The second-order valence-electron chi connectivity index (χ2n) is 5.17. The van der Waals surface area contributed by atoms with Crippen LogP contribution in [-0.4, -0.2) is 28.7 Å². The number of fused-ring (bicyclic) bond motifs is 1. The maximum absolute atomic E-state index is 12.6. The van der Waals surface area contributed by atoms with E-state index in [0.29, 0.717) is 30.3 Å². The van der Waals surface area contributed by atoms with Gasteiger partial charge in [-0.2, -0.15) is 13.7 Å². The quantitative estimate of drug-likeness (QED) is 0.772. The molecule has 1 aliphatic rings. The van der Waals surface area contributed by atoms with Crippen LogP contribution in [0.4, 0.5) is 0 Å². The summed E-state index contributed by atoms with van der Waals surface area (Å²) in [5, 5.41) is 8.90. The van der Waals surface area contributed by atoms with Crippen molar-refractivity contribution in [3.8, 4) is 29.1 Å². The van der Waals surface area contributed by atoms with Gasteiger partial charge in [0.1, 0.15) is 4.90 Å². The van der Waals surface area contributed by atoms with Crippen LogP contribution in [-0.2, 0) is 10.1 Å². The summed E-state index contributed by atoms with van der Waals surface area (Å²) in [6.45, 7) is 0.957. The Labute approximate surface area is 145 Å². The molecule has 0 saturated carbocycles. The van der Waals surface area contributed by atoms with E-state index in [1.165, 1.54) is 43.5 Å². The zero-order valence-corrected chi connectivity index (χ0v) is 14.2. The summed E-state index contributed by atoms with van der Waals surface area (Å²) in [6.07, 6.45) is 0.718. The van der Waals surface area contributed by atoms with Gasteiger partial charge < -0.3 is 18.4 Å². The van der Waals surface area contributed by atoms with Crippen molar-refractivity contribution >= 4 is 10.1 Å². The SMILES string of the molecule is COc1cc(C#N)ccc1OS(=O)(=O)c1ccc2c(c1)OCCCO2. The first-order chi connectivity index (χ1) is 12.0. The van der Waals surface area contributed by atoms with Crippen LogP contribution >= 0.6 is 0 Å². The van der Waals surface area contributed by atoms with E-state index >= 15 is 0 Å². The number of nitrogens with zero attached hydrogens (tertiary/aromatic N) is 1. The lowest BCUT2D eigenvalue weighted by atomic mass is 10.2. The second kappa shape index (κ2) is 6.91. The minimum Gasteiger partial charge on any atom is -0.493 e. The van der Waals surface area contributed by atoms with E-state index in [-0.39, 0.29) is 16.4 Å². The van der Waals surface area contributed by atoms with Gasteiger partial charge >= 0.3 is 10.1 Å². The highest BCUT2D eigenvalue weighted by Gasteiger charge is 2.22. The van der Waals surface area contributed by atoms with Crippen LogP contribution < -0.4 is 18.4 Å². The summed E-state index contributed by atoms with van der Waals surface area (Å²) in [5.74, 6) is 0.993. The molecule has 0 spiro atoms. The van der Waals surface area contributed by atoms with Gasteiger partial charge in [-0.3, -0.25) is 0 Å². The predicted molar refractivity (Wildman–Crippen MR) is 87.6 cm³/mol. The summed E-state index contributed by atoms with van der Waals surface area (Å²) in [5.41, 5.74) is 0.331. The van der Waals surface area contributed by atoms with Crippen LogP contribution in [0.3, 0.4) is 0 Å². The normalized spacial score (nSPS) is 13.4. The lowest BCUT2D eigenvalue weighted by Gasteiger charge is -2.12. The fourth-order valence-corrected chi connectivity index (χ4v) is 3.23. The second-order valence-corrected chi connectivity index (χ2v) is 6.72. The average Bonchev–Trinajstić information content (AvgIpc) is 2.86. The highest BCUT2D eigenvalue weighted by molar-refractivity contribution is 7.87. The Morgan fingerprint density at radius 2 is 1.80 bits per heavy atom. The van der Waals surface area contributed by atoms with Crippen LogP contribution in [0.2, 0.25) is 0 Å². The van der Waals surface area contributed by atoms with E-state index in [1.807, 2.05) is 6.07 Å². The number of ether oxygens (including phenoxy) is 3. The van der Waals surface area contributed by atoms with E-state index in [4.69, 9.17) is 23.7 Å². The summed E-state index contributed by atoms with van der Waals surface area (Å²) < 4.78 is 46.4. The summed E-state index contributed by atoms with van der Waals surface area (Å²) in [4.78, 5) is -0.0665. The average molecular weight is 361 g/mol. The van der Waals surface area contributed by atoms with Crippen LogP contribution in [0.5, 0.6) is 23.0 Å². The largest absolute Gasteiger partial charge is 0.493 e. The molecule has 2 aromatic rings. The van der Waals surface area contributed by atoms with Crippen molar-refractivity contribution in [3.63, 3.8) is 0 Å². The number of hydrogen-bond acceptors (Lipinski definition) is 7. The molecule has 0 amide bonds. The Morgan fingerprint density at radius 1 is 1.04 bits per heavy atom. The molecule has 2 aromatic carbocycles. The molecule has 0 atom stereocenters. The molecule has 8 heteroatoms.